The molecule has 3 rings (SSSR count). The molecule has 0 atom stereocenters. The van der Waals surface area contributed by atoms with E-state index in [-0.39, 0.29) is 31.8 Å². The molecule has 1 aliphatic rings. The molecule has 0 spiro atoms. The molecular weight excluding hydrogens is 457 g/mol. The minimum atomic E-state index is -4.77. The fraction of sp³-hybridized carbons (Fsp3) is 0.350. The average molecular weight is 477 g/mol. The second-order valence-corrected chi connectivity index (χ2v) is 9.38. The third-order valence-corrected chi connectivity index (χ3v) is 7.29. The maximum Gasteiger partial charge on any atom is 0.417 e. The van der Waals surface area contributed by atoms with Crippen LogP contribution in [0.3, 0.4) is 0 Å². The summed E-state index contributed by atoms with van der Waals surface area (Å²) < 4.78 is 71.0. The second kappa shape index (κ2) is 9.05. The maximum absolute atomic E-state index is 13.1. The molecule has 1 amide bonds. The number of hydrogen-bond donors (Lipinski definition) is 1. The van der Waals surface area contributed by atoms with Crippen LogP contribution in [-0.2, 0) is 21.0 Å². The highest BCUT2D eigenvalue weighted by Gasteiger charge is 2.37. The van der Waals surface area contributed by atoms with Crippen molar-refractivity contribution in [2.75, 3.05) is 25.5 Å². The molecule has 31 heavy (non-hydrogen) atoms. The first-order chi connectivity index (χ1) is 14.5. The van der Waals surface area contributed by atoms with E-state index < -0.39 is 37.6 Å². The summed E-state index contributed by atoms with van der Waals surface area (Å²) in [6, 6.07) is 9.30. The maximum atomic E-state index is 13.1. The van der Waals surface area contributed by atoms with Gasteiger partial charge in [0, 0.05) is 24.7 Å². The van der Waals surface area contributed by atoms with Crippen molar-refractivity contribution in [2.45, 2.75) is 23.9 Å². The van der Waals surface area contributed by atoms with Crippen LogP contribution in [0.1, 0.15) is 18.4 Å². The molecule has 6 nitrogen and oxygen atoms in total. The van der Waals surface area contributed by atoms with Crippen LogP contribution in [0.15, 0.2) is 47.4 Å². The number of anilines is 1. The van der Waals surface area contributed by atoms with E-state index in [2.05, 4.69) is 5.32 Å². The summed E-state index contributed by atoms with van der Waals surface area (Å²) in [5.41, 5.74) is -0.620. The Morgan fingerprint density at radius 1 is 1.13 bits per heavy atom. The van der Waals surface area contributed by atoms with E-state index in [0.29, 0.717) is 17.5 Å². The predicted molar refractivity (Wildman–Crippen MR) is 110 cm³/mol. The first-order valence-corrected chi connectivity index (χ1v) is 11.2. The zero-order valence-electron chi connectivity index (χ0n) is 16.4. The third-order valence-electron chi connectivity index (χ3n) is 5.06. The Labute approximate surface area is 183 Å². The summed E-state index contributed by atoms with van der Waals surface area (Å²) in [5, 5.41) is 2.21. The molecule has 1 heterocycles. The highest BCUT2D eigenvalue weighted by molar-refractivity contribution is 7.89. The molecule has 0 aromatic heterocycles. The molecule has 0 unspecified atom stereocenters. The van der Waals surface area contributed by atoms with Crippen LogP contribution in [0.25, 0.3) is 0 Å². The number of nitrogens with zero attached hydrogens (tertiary/aromatic N) is 1. The van der Waals surface area contributed by atoms with Gasteiger partial charge in [-0.05, 0) is 55.3 Å². The molecule has 2 aromatic rings. The number of hydrogen-bond acceptors (Lipinski definition) is 4. The lowest BCUT2D eigenvalue weighted by Crippen LogP contribution is -2.41. The van der Waals surface area contributed by atoms with Crippen molar-refractivity contribution in [3.05, 3.63) is 53.1 Å². The van der Waals surface area contributed by atoms with E-state index in [9.17, 15) is 26.4 Å². The Balaban J connectivity index is 1.66. The van der Waals surface area contributed by atoms with E-state index in [1.807, 2.05) is 0 Å². The Morgan fingerprint density at radius 2 is 1.74 bits per heavy atom. The van der Waals surface area contributed by atoms with Gasteiger partial charge in [-0.2, -0.15) is 17.5 Å². The summed E-state index contributed by atoms with van der Waals surface area (Å²) in [5.74, 6) is -0.00929. The molecule has 0 saturated carbocycles. The van der Waals surface area contributed by atoms with Crippen LogP contribution in [-0.4, -0.2) is 38.8 Å². The van der Waals surface area contributed by atoms with E-state index >= 15 is 0 Å². The van der Waals surface area contributed by atoms with Gasteiger partial charge in [-0.3, -0.25) is 4.79 Å². The van der Waals surface area contributed by atoms with Crippen LogP contribution in [0, 0.1) is 5.92 Å². The average Bonchev–Trinajstić information content (AvgIpc) is 2.73. The molecule has 2 aromatic carbocycles. The van der Waals surface area contributed by atoms with Crippen LogP contribution in [0.5, 0.6) is 5.75 Å². The van der Waals surface area contributed by atoms with Crippen molar-refractivity contribution >= 4 is 33.2 Å². The predicted octanol–water partition coefficient (Wildman–Crippen LogP) is 4.41. The Kier molecular flexibility index (Phi) is 6.82. The molecule has 1 N–H and O–H groups in total. The molecule has 0 aliphatic carbocycles. The highest BCUT2D eigenvalue weighted by atomic mass is 35.5. The van der Waals surface area contributed by atoms with Gasteiger partial charge in [0.15, 0.2) is 0 Å². The van der Waals surface area contributed by atoms with Crippen molar-refractivity contribution in [3.63, 3.8) is 0 Å². The normalized spacial score (nSPS) is 16.2. The lowest BCUT2D eigenvalue weighted by molar-refractivity contribution is -0.137. The Morgan fingerprint density at radius 3 is 2.29 bits per heavy atom. The van der Waals surface area contributed by atoms with Crippen molar-refractivity contribution in [1.29, 1.82) is 0 Å². The van der Waals surface area contributed by atoms with E-state index in [0.717, 1.165) is 16.4 Å². The summed E-state index contributed by atoms with van der Waals surface area (Å²) >= 11 is 5.57. The van der Waals surface area contributed by atoms with Gasteiger partial charge >= 0.3 is 6.18 Å². The molecular formula is C20H20ClF3N2O4S. The van der Waals surface area contributed by atoms with Gasteiger partial charge in [0.2, 0.25) is 15.9 Å². The van der Waals surface area contributed by atoms with Gasteiger partial charge in [0.25, 0.3) is 0 Å². The number of carbonyl (C=O) groups excluding carboxylic acids is 1. The molecule has 168 valence electrons. The van der Waals surface area contributed by atoms with Gasteiger partial charge in [0.1, 0.15) is 5.75 Å². The first-order valence-electron chi connectivity index (χ1n) is 9.34. The molecule has 1 fully saturated rings. The van der Waals surface area contributed by atoms with E-state index in [1.165, 1.54) is 7.11 Å². The lowest BCUT2D eigenvalue weighted by Gasteiger charge is -2.30. The SMILES string of the molecule is COc1ccc(NC(=O)C2CCN(S(=O)(=O)c3ccc(Cl)c(C(F)(F)F)c3)CC2)cc1. The lowest BCUT2D eigenvalue weighted by atomic mass is 9.97. The summed E-state index contributed by atoms with van der Waals surface area (Å²) in [6.45, 7) is 0.0417. The van der Waals surface area contributed by atoms with Crippen molar-refractivity contribution in [1.82, 2.24) is 4.31 Å². The Hall–Kier alpha value is -2.30. The third kappa shape index (κ3) is 5.31. The number of sulfonamides is 1. The van der Waals surface area contributed by atoms with Crippen LogP contribution in [0.4, 0.5) is 18.9 Å². The van der Waals surface area contributed by atoms with Crippen molar-refractivity contribution < 1.29 is 31.1 Å². The topological polar surface area (TPSA) is 75.7 Å². The van der Waals surface area contributed by atoms with Crippen LogP contribution >= 0.6 is 11.6 Å². The number of amides is 1. The second-order valence-electron chi connectivity index (χ2n) is 7.04. The summed E-state index contributed by atoms with van der Waals surface area (Å²) in [4.78, 5) is 12.0. The van der Waals surface area contributed by atoms with Crippen LogP contribution in [0.2, 0.25) is 5.02 Å². The number of carbonyl (C=O) groups is 1. The minimum Gasteiger partial charge on any atom is -0.497 e. The number of alkyl halides is 3. The van der Waals surface area contributed by atoms with E-state index in [1.54, 1.807) is 24.3 Å². The smallest absolute Gasteiger partial charge is 0.417 e. The fourth-order valence-electron chi connectivity index (χ4n) is 3.31. The quantitative estimate of drug-likeness (QED) is 0.693. The largest absolute Gasteiger partial charge is 0.497 e. The first kappa shape index (κ1) is 23.4. The van der Waals surface area contributed by atoms with Gasteiger partial charge in [0.05, 0.1) is 22.6 Å². The summed E-state index contributed by atoms with van der Waals surface area (Å²) in [6.07, 6.45) is -4.27. The van der Waals surface area contributed by atoms with Gasteiger partial charge in [-0.1, -0.05) is 11.6 Å². The molecule has 1 saturated heterocycles. The monoisotopic (exact) mass is 476 g/mol. The number of benzene rings is 2. The number of rotatable bonds is 5. The number of halogens is 4. The van der Waals surface area contributed by atoms with Gasteiger partial charge in [-0.25, -0.2) is 8.42 Å². The minimum absolute atomic E-state index is 0.0208. The zero-order valence-corrected chi connectivity index (χ0v) is 18.0. The van der Waals surface area contributed by atoms with Gasteiger partial charge in [-0.15, -0.1) is 0 Å². The number of ether oxygens (including phenoxy) is 1. The number of nitrogens with one attached hydrogen (secondary N) is 1. The van der Waals surface area contributed by atoms with E-state index in [4.69, 9.17) is 16.3 Å². The Bertz CT molecular complexity index is 1050. The standard InChI is InChI=1S/C20H20ClF3N2O4S/c1-30-15-4-2-14(3-5-15)25-19(27)13-8-10-26(11-9-13)31(28,29)16-6-7-18(21)17(12-16)20(22,23)24/h2-7,12-13H,8-11H2,1H3,(H,25,27). The number of methoxy groups -OCH3 is 1. The molecule has 1 aliphatic heterocycles. The summed E-state index contributed by atoms with van der Waals surface area (Å²) in [7, 11) is -2.62. The van der Waals surface area contributed by atoms with Crippen LogP contribution < -0.4 is 10.1 Å². The molecule has 11 heteroatoms. The fourth-order valence-corrected chi connectivity index (χ4v) is 5.03. The van der Waals surface area contributed by atoms with Crippen molar-refractivity contribution in [2.24, 2.45) is 5.92 Å². The van der Waals surface area contributed by atoms with Gasteiger partial charge < -0.3 is 10.1 Å². The van der Waals surface area contributed by atoms with Crippen molar-refractivity contribution in [3.8, 4) is 5.75 Å². The molecule has 0 bridgehead atoms. The zero-order chi connectivity index (χ0) is 22.8. The molecule has 0 radical (unpaired) electrons. The highest BCUT2D eigenvalue weighted by Crippen LogP contribution is 2.37. The number of piperidine rings is 1.